The summed E-state index contributed by atoms with van der Waals surface area (Å²) in [6, 6.07) is 4.63. The Balaban J connectivity index is 1.89. The van der Waals surface area contributed by atoms with E-state index in [1.165, 1.54) is 11.4 Å². The minimum absolute atomic E-state index is 0.0373. The summed E-state index contributed by atoms with van der Waals surface area (Å²) in [5.41, 5.74) is 1.76. The summed E-state index contributed by atoms with van der Waals surface area (Å²) >= 11 is 0. The van der Waals surface area contributed by atoms with Gasteiger partial charge in [0.1, 0.15) is 22.4 Å². The molecule has 27 heavy (non-hydrogen) atoms. The molecule has 0 saturated carbocycles. The van der Waals surface area contributed by atoms with Crippen molar-refractivity contribution in [2.75, 3.05) is 19.0 Å². The van der Waals surface area contributed by atoms with Crippen LogP contribution in [0.4, 0.5) is 5.69 Å². The van der Waals surface area contributed by atoms with Crippen LogP contribution in [0.1, 0.15) is 29.9 Å². The monoisotopic (exact) mass is 393 g/mol. The van der Waals surface area contributed by atoms with Crippen LogP contribution in [0, 0.1) is 20.8 Å². The molecule has 2 aromatic rings. The van der Waals surface area contributed by atoms with E-state index < -0.39 is 16.1 Å². The van der Waals surface area contributed by atoms with Crippen LogP contribution in [0.2, 0.25) is 0 Å². The quantitative estimate of drug-likeness (QED) is 0.837. The Morgan fingerprint density at radius 2 is 2.07 bits per heavy atom. The highest BCUT2D eigenvalue weighted by Crippen LogP contribution is 2.31. The van der Waals surface area contributed by atoms with Gasteiger partial charge in [-0.25, -0.2) is 8.42 Å². The van der Waals surface area contributed by atoms with E-state index in [0.29, 0.717) is 30.0 Å². The number of amides is 1. The number of carbonyl (C=O) groups excluding carboxylic acids is 1. The fourth-order valence-electron chi connectivity index (χ4n) is 3.39. The summed E-state index contributed by atoms with van der Waals surface area (Å²) in [4.78, 5) is 12.9. The number of methoxy groups -OCH3 is 1. The molecule has 1 atom stereocenters. The second-order valence-corrected chi connectivity index (χ2v) is 8.45. The molecule has 1 aliphatic rings. The Hall–Kier alpha value is -2.39. The summed E-state index contributed by atoms with van der Waals surface area (Å²) in [6.07, 6.45) is 1.05. The van der Waals surface area contributed by atoms with Gasteiger partial charge in [-0.1, -0.05) is 11.2 Å². The van der Waals surface area contributed by atoms with Crippen molar-refractivity contribution in [1.29, 1.82) is 0 Å². The van der Waals surface area contributed by atoms with E-state index in [9.17, 15) is 13.2 Å². The van der Waals surface area contributed by atoms with E-state index >= 15 is 0 Å². The van der Waals surface area contributed by atoms with Gasteiger partial charge in [-0.15, -0.1) is 0 Å². The summed E-state index contributed by atoms with van der Waals surface area (Å²) in [5.74, 6) is 0.359. The smallest absolute Gasteiger partial charge is 0.249 e. The van der Waals surface area contributed by atoms with Gasteiger partial charge in [0, 0.05) is 6.54 Å². The molecular formula is C18H23N3O5S. The topological polar surface area (TPSA) is 102 Å². The molecule has 0 unspecified atom stereocenters. The summed E-state index contributed by atoms with van der Waals surface area (Å²) in [5, 5.41) is 6.54. The van der Waals surface area contributed by atoms with Crippen molar-refractivity contribution in [3.05, 3.63) is 35.2 Å². The third-order valence-corrected chi connectivity index (χ3v) is 6.81. The molecule has 0 radical (unpaired) electrons. The lowest BCUT2D eigenvalue weighted by Gasteiger charge is -2.23. The highest BCUT2D eigenvalue weighted by atomic mass is 32.2. The van der Waals surface area contributed by atoms with Crippen molar-refractivity contribution in [3.63, 3.8) is 0 Å². The zero-order chi connectivity index (χ0) is 19.8. The number of rotatable bonds is 5. The van der Waals surface area contributed by atoms with Gasteiger partial charge < -0.3 is 14.6 Å². The number of ether oxygens (including phenoxy) is 1. The van der Waals surface area contributed by atoms with Crippen LogP contribution in [-0.4, -0.2) is 43.5 Å². The number of carbonyl (C=O) groups is 1. The highest BCUT2D eigenvalue weighted by molar-refractivity contribution is 7.89. The minimum atomic E-state index is -3.88. The Bertz CT molecular complexity index is 948. The zero-order valence-corrected chi connectivity index (χ0v) is 16.6. The van der Waals surface area contributed by atoms with E-state index in [2.05, 4.69) is 10.5 Å². The summed E-state index contributed by atoms with van der Waals surface area (Å²) in [7, 11) is -2.36. The highest BCUT2D eigenvalue weighted by Gasteiger charge is 2.42. The molecule has 0 bridgehead atoms. The minimum Gasteiger partial charge on any atom is -0.495 e. The average molecular weight is 393 g/mol. The maximum Gasteiger partial charge on any atom is 0.249 e. The van der Waals surface area contributed by atoms with E-state index in [1.54, 1.807) is 26.0 Å². The average Bonchev–Trinajstić information content (AvgIpc) is 3.22. The number of aromatic nitrogens is 1. The molecule has 0 spiro atoms. The maximum absolute atomic E-state index is 13.1. The number of benzene rings is 1. The molecule has 1 aromatic carbocycles. The molecular weight excluding hydrogens is 370 g/mol. The largest absolute Gasteiger partial charge is 0.495 e. The van der Waals surface area contributed by atoms with Gasteiger partial charge in [-0.3, -0.25) is 4.79 Å². The number of aryl methyl sites for hydroxylation is 3. The number of nitrogens with one attached hydrogen (secondary N) is 1. The van der Waals surface area contributed by atoms with Gasteiger partial charge in [-0.2, -0.15) is 4.31 Å². The first kappa shape index (κ1) is 19.4. The molecule has 8 nitrogen and oxygen atoms in total. The van der Waals surface area contributed by atoms with Crippen LogP contribution in [-0.2, 0) is 14.8 Å². The third kappa shape index (κ3) is 3.57. The Labute approximate surface area is 158 Å². The fourth-order valence-corrected chi connectivity index (χ4v) is 5.34. The van der Waals surface area contributed by atoms with Gasteiger partial charge >= 0.3 is 0 Å². The Kier molecular flexibility index (Phi) is 5.25. The van der Waals surface area contributed by atoms with Crippen LogP contribution < -0.4 is 10.1 Å². The molecule has 1 aromatic heterocycles. The molecule has 9 heteroatoms. The molecule has 0 aliphatic carbocycles. The van der Waals surface area contributed by atoms with Crippen LogP contribution in [0.15, 0.2) is 27.6 Å². The van der Waals surface area contributed by atoms with Gasteiger partial charge in [0.15, 0.2) is 5.76 Å². The zero-order valence-electron chi connectivity index (χ0n) is 15.8. The maximum atomic E-state index is 13.1. The SMILES string of the molecule is COc1ccc(C)cc1NC(=O)[C@@H]1CCCN1S(=O)(=O)c1c(C)noc1C. The number of hydrogen-bond donors (Lipinski definition) is 1. The third-order valence-electron chi connectivity index (χ3n) is 4.65. The molecule has 1 saturated heterocycles. The Morgan fingerprint density at radius 3 is 2.70 bits per heavy atom. The normalized spacial score (nSPS) is 17.9. The lowest BCUT2D eigenvalue weighted by Crippen LogP contribution is -2.43. The first-order valence-electron chi connectivity index (χ1n) is 8.66. The van der Waals surface area contributed by atoms with Crippen LogP contribution in [0.3, 0.4) is 0 Å². The molecule has 1 aliphatic heterocycles. The fraction of sp³-hybridized carbons (Fsp3) is 0.444. The van der Waals surface area contributed by atoms with Gasteiger partial charge in [0.05, 0.1) is 12.8 Å². The van der Waals surface area contributed by atoms with E-state index in [4.69, 9.17) is 9.26 Å². The Morgan fingerprint density at radius 1 is 1.33 bits per heavy atom. The first-order valence-corrected chi connectivity index (χ1v) is 10.1. The van der Waals surface area contributed by atoms with E-state index in [1.807, 2.05) is 13.0 Å². The first-order chi connectivity index (χ1) is 12.8. The second kappa shape index (κ2) is 7.32. The molecule has 1 fully saturated rings. The van der Waals surface area contributed by atoms with Gasteiger partial charge in [0.2, 0.25) is 15.9 Å². The number of anilines is 1. The van der Waals surface area contributed by atoms with E-state index in [0.717, 1.165) is 5.56 Å². The molecule has 1 N–H and O–H groups in total. The van der Waals surface area contributed by atoms with Crippen molar-refractivity contribution in [1.82, 2.24) is 9.46 Å². The molecule has 146 valence electrons. The van der Waals surface area contributed by atoms with Crippen molar-refractivity contribution in [2.24, 2.45) is 0 Å². The van der Waals surface area contributed by atoms with Crippen molar-refractivity contribution < 1.29 is 22.5 Å². The molecule has 1 amide bonds. The van der Waals surface area contributed by atoms with Crippen molar-refractivity contribution in [3.8, 4) is 5.75 Å². The lowest BCUT2D eigenvalue weighted by atomic mass is 10.1. The van der Waals surface area contributed by atoms with E-state index in [-0.39, 0.29) is 23.1 Å². The van der Waals surface area contributed by atoms with Gasteiger partial charge in [0.25, 0.3) is 0 Å². The number of sulfonamides is 1. The van der Waals surface area contributed by atoms with Crippen LogP contribution in [0.25, 0.3) is 0 Å². The summed E-state index contributed by atoms with van der Waals surface area (Å²) in [6.45, 7) is 5.30. The number of nitrogens with zero attached hydrogens (tertiary/aromatic N) is 2. The van der Waals surface area contributed by atoms with Crippen molar-refractivity contribution >= 4 is 21.6 Å². The standard InChI is InChI=1S/C18H23N3O5S/c1-11-7-8-16(25-4)14(10-11)19-18(22)15-6-5-9-21(15)27(23,24)17-12(2)20-26-13(17)3/h7-8,10,15H,5-6,9H2,1-4H3,(H,19,22)/t15-/m0/s1. The predicted octanol–water partition coefficient (Wildman–Crippen LogP) is 2.40. The van der Waals surface area contributed by atoms with Crippen LogP contribution in [0.5, 0.6) is 5.75 Å². The van der Waals surface area contributed by atoms with Crippen molar-refractivity contribution in [2.45, 2.75) is 44.6 Å². The van der Waals surface area contributed by atoms with Gasteiger partial charge in [-0.05, 0) is 51.3 Å². The predicted molar refractivity (Wildman–Crippen MR) is 99.3 cm³/mol. The second-order valence-electron chi connectivity index (χ2n) is 6.62. The molecule has 3 rings (SSSR count). The number of hydrogen-bond acceptors (Lipinski definition) is 6. The summed E-state index contributed by atoms with van der Waals surface area (Å²) < 4.78 is 37.7. The lowest BCUT2D eigenvalue weighted by molar-refractivity contribution is -0.119. The van der Waals surface area contributed by atoms with Crippen LogP contribution >= 0.6 is 0 Å². The molecule has 2 heterocycles.